The number of nitrogens with zero attached hydrogens (tertiary/aromatic N) is 4. The lowest BCUT2D eigenvalue weighted by molar-refractivity contribution is 0.0949. The largest absolute Gasteiger partial charge is 0.348 e. The number of hydrogen-bond acceptors (Lipinski definition) is 4. The second-order valence-electron chi connectivity index (χ2n) is 5.83. The highest BCUT2D eigenvalue weighted by molar-refractivity contribution is 5.94. The van der Waals surface area contributed by atoms with Crippen molar-refractivity contribution in [3.8, 4) is 5.69 Å². The molecule has 0 atom stereocenters. The molecule has 0 aliphatic heterocycles. The molecule has 1 N–H and O–H groups in total. The van der Waals surface area contributed by atoms with Gasteiger partial charge < -0.3 is 9.88 Å². The highest BCUT2D eigenvalue weighted by atomic mass is 16.1. The normalized spacial score (nSPS) is 10.6. The molecule has 0 saturated heterocycles. The van der Waals surface area contributed by atoms with Gasteiger partial charge in [0.05, 0.1) is 11.3 Å². The minimum Gasteiger partial charge on any atom is -0.348 e. The molecule has 0 fully saturated rings. The number of carbonyl (C=O) groups excluding carboxylic acids is 1. The maximum Gasteiger partial charge on any atom is 0.254 e. The summed E-state index contributed by atoms with van der Waals surface area (Å²) >= 11 is 0. The van der Waals surface area contributed by atoms with E-state index in [1.54, 1.807) is 12.4 Å². The first kappa shape index (κ1) is 16.8. The Morgan fingerprint density at radius 2 is 2.00 bits per heavy atom. The van der Waals surface area contributed by atoms with Crippen LogP contribution in [-0.4, -0.2) is 25.4 Å². The van der Waals surface area contributed by atoms with Crippen LogP contribution in [-0.2, 0) is 13.0 Å². The van der Waals surface area contributed by atoms with Gasteiger partial charge in [-0.2, -0.15) is 0 Å². The summed E-state index contributed by atoms with van der Waals surface area (Å²) in [6.45, 7) is 4.49. The van der Waals surface area contributed by atoms with Crippen LogP contribution in [0, 0.1) is 6.92 Å². The summed E-state index contributed by atoms with van der Waals surface area (Å²) in [6, 6.07) is 8.04. The Balaban J connectivity index is 1.66. The first-order chi connectivity index (χ1) is 12.2. The summed E-state index contributed by atoms with van der Waals surface area (Å²) in [5, 5.41) is 2.94. The quantitative estimate of drug-likeness (QED) is 0.752. The molecule has 0 unspecified atom stereocenters. The van der Waals surface area contributed by atoms with E-state index < -0.39 is 0 Å². The molecule has 3 aromatic rings. The van der Waals surface area contributed by atoms with E-state index in [9.17, 15) is 4.79 Å². The number of amides is 1. The second-order valence-corrected chi connectivity index (χ2v) is 5.83. The van der Waals surface area contributed by atoms with E-state index in [2.05, 4.69) is 27.2 Å². The fraction of sp³-hybridized carbons (Fsp3) is 0.263. The lowest BCUT2D eigenvalue weighted by Crippen LogP contribution is -2.24. The average Bonchev–Trinajstić information content (AvgIpc) is 3.07. The third-order valence-electron chi connectivity index (χ3n) is 4.02. The fourth-order valence-corrected chi connectivity index (χ4v) is 2.68. The third kappa shape index (κ3) is 3.91. The molecule has 1 amide bonds. The Kier molecular flexibility index (Phi) is 5.18. The van der Waals surface area contributed by atoms with Gasteiger partial charge in [-0.1, -0.05) is 25.5 Å². The zero-order chi connectivity index (χ0) is 17.6. The molecular formula is C19H21N5O. The second kappa shape index (κ2) is 7.70. The number of hydrogen-bond donors (Lipinski definition) is 1. The summed E-state index contributed by atoms with van der Waals surface area (Å²) in [5.74, 6) is 0.798. The first-order valence-electron chi connectivity index (χ1n) is 8.35. The van der Waals surface area contributed by atoms with E-state index in [4.69, 9.17) is 0 Å². The Hall–Kier alpha value is -3.02. The molecule has 0 radical (unpaired) electrons. The summed E-state index contributed by atoms with van der Waals surface area (Å²) in [6.07, 6.45) is 8.48. The van der Waals surface area contributed by atoms with Gasteiger partial charge in [0.2, 0.25) is 0 Å². The SMILES string of the molecule is CCCc1ncncc1C(=O)NCc1ccc(-n2ccnc2C)cc1. The van der Waals surface area contributed by atoms with Crippen molar-refractivity contribution in [2.75, 3.05) is 0 Å². The molecule has 1 aromatic carbocycles. The van der Waals surface area contributed by atoms with Gasteiger partial charge in [0.1, 0.15) is 12.2 Å². The highest BCUT2D eigenvalue weighted by Crippen LogP contribution is 2.12. The van der Waals surface area contributed by atoms with E-state index in [1.165, 1.54) is 6.33 Å². The number of aryl methyl sites for hydroxylation is 2. The first-order valence-corrected chi connectivity index (χ1v) is 8.35. The molecule has 2 heterocycles. The topological polar surface area (TPSA) is 72.7 Å². The van der Waals surface area contributed by atoms with Crippen LogP contribution < -0.4 is 5.32 Å². The van der Waals surface area contributed by atoms with Gasteiger partial charge in [-0.05, 0) is 31.0 Å². The van der Waals surface area contributed by atoms with Crippen molar-refractivity contribution in [2.45, 2.75) is 33.2 Å². The van der Waals surface area contributed by atoms with Gasteiger partial charge in [-0.3, -0.25) is 4.79 Å². The molecule has 6 heteroatoms. The molecule has 25 heavy (non-hydrogen) atoms. The lowest BCUT2D eigenvalue weighted by atomic mass is 10.1. The number of imidazole rings is 1. The zero-order valence-corrected chi connectivity index (χ0v) is 14.4. The molecule has 3 rings (SSSR count). The van der Waals surface area contributed by atoms with Crippen molar-refractivity contribution in [1.82, 2.24) is 24.8 Å². The maximum absolute atomic E-state index is 12.4. The van der Waals surface area contributed by atoms with E-state index in [-0.39, 0.29) is 5.91 Å². The Bertz CT molecular complexity index is 854. The molecule has 0 aliphatic rings. The van der Waals surface area contributed by atoms with Crippen LogP contribution in [0.15, 0.2) is 49.2 Å². The van der Waals surface area contributed by atoms with Crippen LogP contribution in [0.1, 0.15) is 40.8 Å². The van der Waals surface area contributed by atoms with Gasteiger partial charge in [0.15, 0.2) is 0 Å². The molecule has 6 nitrogen and oxygen atoms in total. The molecule has 0 bridgehead atoms. The summed E-state index contributed by atoms with van der Waals surface area (Å²) < 4.78 is 2.01. The Morgan fingerprint density at radius 1 is 1.20 bits per heavy atom. The highest BCUT2D eigenvalue weighted by Gasteiger charge is 2.12. The number of benzene rings is 1. The van der Waals surface area contributed by atoms with Crippen molar-refractivity contribution in [1.29, 1.82) is 0 Å². The van der Waals surface area contributed by atoms with Crippen LogP contribution in [0.25, 0.3) is 5.69 Å². The minimum absolute atomic E-state index is 0.140. The van der Waals surface area contributed by atoms with Crippen molar-refractivity contribution in [3.63, 3.8) is 0 Å². The summed E-state index contributed by atoms with van der Waals surface area (Å²) in [4.78, 5) is 24.8. The number of nitrogens with one attached hydrogen (secondary N) is 1. The van der Waals surface area contributed by atoms with Crippen molar-refractivity contribution >= 4 is 5.91 Å². The lowest BCUT2D eigenvalue weighted by Gasteiger charge is -2.09. The molecule has 0 saturated carbocycles. The van der Waals surface area contributed by atoms with Gasteiger partial charge in [0, 0.05) is 30.8 Å². The van der Waals surface area contributed by atoms with E-state index in [1.807, 2.05) is 42.0 Å². The number of rotatable bonds is 6. The number of carbonyl (C=O) groups is 1. The molecule has 0 aliphatic carbocycles. The standard InChI is InChI=1S/C19H21N5O/c1-3-4-18-17(12-20-13-23-18)19(25)22-11-15-5-7-16(8-6-15)24-10-9-21-14(24)2/h5-10,12-13H,3-4,11H2,1-2H3,(H,22,25). The monoisotopic (exact) mass is 335 g/mol. The van der Waals surface area contributed by atoms with E-state index in [0.717, 1.165) is 35.6 Å². The van der Waals surface area contributed by atoms with Crippen molar-refractivity contribution < 1.29 is 4.79 Å². The van der Waals surface area contributed by atoms with E-state index in [0.29, 0.717) is 12.1 Å². The van der Waals surface area contributed by atoms with Crippen molar-refractivity contribution in [3.05, 3.63) is 71.8 Å². The third-order valence-corrected chi connectivity index (χ3v) is 4.02. The van der Waals surface area contributed by atoms with Gasteiger partial charge in [-0.15, -0.1) is 0 Å². The van der Waals surface area contributed by atoms with Crippen LogP contribution in [0.2, 0.25) is 0 Å². The Labute approximate surface area is 147 Å². The fourth-order valence-electron chi connectivity index (χ4n) is 2.68. The Morgan fingerprint density at radius 3 is 2.68 bits per heavy atom. The predicted molar refractivity (Wildman–Crippen MR) is 95.5 cm³/mol. The van der Waals surface area contributed by atoms with Gasteiger partial charge in [0.25, 0.3) is 5.91 Å². The van der Waals surface area contributed by atoms with Crippen LogP contribution >= 0.6 is 0 Å². The number of aromatic nitrogens is 4. The molecule has 0 spiro atoms. The molecule has 2 aromatic heterocycles. The average molecular weight is 335 g/mol. The summed E-state index contributed by atoms with van der Waals surface area (Å²) in [5.41, 5.74) is 3.42. The van der Waals surface area contributed by atoms with E-state index >= 15 is 0 Å². The summed E-state index contributed by atoms with van der Waals surface area (Å²) in [7, 11) is 0. The smallest absolute Gasteiger partial charge is 0.254 e. The zero-order valence-electron chi connectivity index (χ0n) is 14.4. The minimum atomic E-state index is -0.140. The maximum atomic E-state index is 12.4. The van der Waals surface area contributed by atoms with Gasteiger partial charge in [-0.25, -0.2) is 15.0 Å². The van der Waals surface area contributed by atoms with Crippen LogP contribution in [0.3, 0.4) is 0 Å². The molecular weight excluding hydrogens is 314 g/mol. The van der Waals surface area contributed by atoms with Crippen LogP contribution in [0.5, 0.6) is 0 Å². The van der Waals surface area contributed by atoms with Crippen molar-refractivity contribution in [2.24, 2.45) is 0 Å². The molecule has 128 valence electrons. The van der Waals surface area contributed by atoms with Crippen LogP contribution in [0.4, 0.5) is 0 Å². The predicted octanol–water partition coefficient (Wildman–Crippen LogP) is 2.85. The van der Waals surface area contributed by atoms with Gasteiger partial charge >= 0.3 is 0 Å².